The minimum absolute atomic E-state index is 0.101. The van der Waals surface area contributed by atoms with Gasteiger partial charge in [0, 0.05) is 12.1 Å². The zero-order valence-corrected chi connectivity index (χ0v) is 9.67. The Hall–Kier alpha value is -0.890. The number of benzene rings is 1. The van der Waals surface area contributed by atoms with E-state index in [9.17, 15) is 4.39 Å². The van der Waals surface area contributed by atoms with Crippen molar-refractivity contribution in [3.63, 3.8) is 0 Å². The Kier molecular flexibility index (Phi) is 2.47. The molecule has 2 heteroatoms. The lowest BCUT2D eigenvalue weighted by Gasteiger charge is -2.26. The molecule has 16 heavy (non-hydrogen) atoms. The van der Waals surface area contributed by atoms with Crippen molar-refractivity contribution in [1.82, 2.24) is 5.32 Å². The van der Waals surface area contributed by atoms with Gasteiger partial charge in [0.15, 0.2) is 0 Å². The van der Waals surface area contributed by atoms with Gasteiger partial charge in [0.05, 0.1) is 0 Å². The first kappa shape index (κ1) is 10.3. The van der Waals surface area contributed by atoms with Crippen LogP contribution in [0.5, 0.6) is 0 Å². The first-order chi connectivity index (χ1) is 7.74. The second-order valence-corrected chi connectivity index (χ2v) is 5.27. The average Bonchev–Trinajstić information content (AvgIpc) is 2.95. The first-order valence-corrected chi connectivity index (χ1v) is 6.28. The third kappa shape index (κ3) is 1.86. The number of aryl methyl sites for hydroxylation is 1. The zero-order valence-electron chi connectivity index (χ0n) is 9.67. The third-order valence-electron chi connectivity index (χ3n) is 3.95. The molecule has 0 bridgehead atoms. The Labute approximate surface area is 96.1 Å². The van der Waals surface area contributed by atoms with Gasteiger partial charge in [-0.3, -0.25) is 0 Å². The second kappa shape index (κ2) is 3.85. The monoisotopic (exact) mass is 219 g/mol. The number of halogens is 1. The fourth-order valence-corrected chi connectivity index (χ4v) is 2.76. The summed E-state index contributed by atoms with van der Waals surface area (Å²) in [5.74, 6) is 0.704. The van der Waals surface area contributed by atoms with Gasteiger partial charge >= 0.3 is 0 Å². The van der Waals surface area contributed by atoms with E-state index < -0.39 is 0 Å². The maximum Gasteiger partial charge on any atom is 0.123 e. The van der Waals surface area contributed by atoms with Gasteiger partial charge in [-0.15, -0.1) is 0 Å². The van der Waals surface area contributed by atoms with E-state index in [0.29, 0.717) is 12.1 Å². The van der Waals surface area contributed by atoms with Crippen molar-refractivity contribution in [2.75, 3.05) is 0 Å². The molecule has 0 heterocycles. The highest BCUT2D eigenvalue weighted by Gasteiger charge is 2.35. The minimum Gasteiger partial charge on any atom is -0.307 e. The van der Waals surface area contributed by atoms with E-state index in [1.54, 1.807) is 12.1 Å². The molecule has 86 valence electrons. The highest BCUT2D eigenvalue weighted by Crippen LogP contribution is 2.36. The molecule has 0 aromatic heterocycles. The molecule has 1 saturated carbocycles. The largest absolute Gasteiger partial charge is 0.307 e. The molecule has 0 aliphatic heterocycles. The van der Waals surface area contributed by atoms with Crippen molar-refractivity contribution in [2.45, 2.75) is 44.7 Å². The quantitative estimate of drug-likeness (QED) is 0.805. The molecule has 1 N–H and O–H groups in total. The summed E-state index contributed by atoms with van der Waals surface area (Å²) in [6.45, 7) is 2.27. The molecule has 0 spiro atoms. The molecular weight excluding hydrogens is 201 g/mol. The Bertz CT molecular complexity index is 402. The summed E-state index contributed by atoms with van der Waals surface area (Å²) in [4.78, 5) is 0. The Balaban J connectivity index is 1.83. The average molecular weight is 219 g/mol. The van der Waals surface area contributed by atoms with Crippen LogP contribution in [0.25, 0.3) is 0 Å². The number of hydrogen-bond donors (Lipinski definition) is 1. The van der Waals surface area contributed by atoms with Crippen molar-refractivity contribution in [3.8, 4) is 0 Å². The summed E-state index contributed by atoms with van der Waals surface area (Å²) in [7, 11) is 0. The lowest BCUT2D eigenvalue weighted by Crippen LogP contribution is -2.27. The molecule has 1 aromatic carbocycles. The second-order valence-electron chi connectivity index (χ2n) is 5.27. The van der Waals surface area contributed by atoms with Gasteiger partial charge in [-0.05, 0) is 54.9 Å². The van der Waals surface area contributed by atoms with Crippen LogP contribution in [0.15, 0.2) is 18.2 Å². The van der Waals surface area contributed by atoms with Crippen molar-refractivity contribution < 1.29 is 4.39 Å². The minimum atomic E-state index is -0.101. The van der Waals surface area contributed by atoms with Crippen LogP contribution in [0.1, 0.15) is 43.4 Å². The van der Waals surface area contributed by atoms with Gasteiger partial charge in [-0.1, -0.05) is 13.0 Å². The standard InChI is InChI=1S/C14H18FN/c1-9-7-14(9)16-13-4-2-3-10-5-6-11(15)8-12(10)13/h5-6,8-9,13-14,16H,2-4,7H2,1H3. The van der Waals surface area contributed by atoms with Crippen molar-refractivity contribution >= 4 is 0 Å². The van der Waals surface area contributed by atoms with Crippen LogP contribution < -0.4 is 5.32 Å². The fourth-order valence-electron chi connectivity index (χ4n) is 2.76. The van der Waals surface area contributed by atoms with Gasteiger partial charge in [0.1, 0.15) is 5.82 Å². The molecule has 0 saturated heterocycles. The highest BCUT2D eigenvalue weighted by molar-refractivity contribution is 5.33. The molecule has 1 nitrogen and oxygen atoms in total. The van der Waals surface area contributed by atoms with E-state index in [4.69, 9.17) is 0 Å². The van der Waals surface area contributed by atoms with Crippen LogP contribution in [-0.2, 0) is 6.42 Å². The van der Waals surface area contributed by atoms with Gasteiger partial charge in [0.2, 0.25) is 0 Å². The van der Waals surface area contributed by atoms with Gasteiger partial charge in [-0.2, -0.15) is 0 Å². The van der Waals surface area contributed by atoms with Crippen LogP contribution >= 0.6 is 0 Å². The van der Waals surface area contributed by atoms with Crippen LogP contribution in [-0.4, -0.2) is 6.04 Å². The van der Waals surface area contributed by atoms with Crippen molar-refractivity contribution in [2.24, 2.45) is 5.92 Å². The first-order valence-electron chi connectivity index (χ1n) is 6.28. The summed E-state index contributed by atoms with van der Waals surface area (Å²) in [6, 6.07) is 6.31. The SMILES string of the molecule is CC1CC1NC1CCCc2ccc(F)cc21. The normalized spacial score (nSPS) is 32.2. The van der Waals surface area contributed by atoms with E-state index in [1.165, 1.54) is 24.0 Å². The van der Waals surface area contributed by atoms with Crippen LogP contribution in [0.4, 0.5) is 4.39 Å². The summed E-state index contributed by atoms with van der Waals surface area (Å²) >= 11 is 0. The summed E-state index contributed by atoms with van der Waals surface area (Å²) in [5, 5.41) is 3.66. The van der Waals surface area contributed by atoms with E-state index in [0.717, 1.165) is 18.8 Å². The molecule has 2 aliphatic rings. The molecule has 2 aliphatic carbocycles. The maximum atomic E-state index is 13.3. The number of hydrogen-bond acceptors (Lipinski definition) is 1. The molecule has 3 rings (SSSR count). The summed E-state index contributed by atoms with van der Waals surface area (Å²) < 4.78 is 13.3. The predicted octanol–water partition coefficient (Wildman–Crippen LogP) is 3.20. The number of nitrogens with one attached hydrogen (secondary N) is 1. The molecule has 0 amide bonds. The van der Waals surface area contributed by atoms with Gasteiger partial charge in [-0.25, -0.2) is 4.39 Å². The molecular formula is C14H18FN. The lowest BCUT2D eigenvalue weighted by atomic mass is 9.87. The third-order valence-corrected chi connectivity index (χ3v) is 3.95. The smallest absolute Gasteiger partial charge is 0.123 e. The van der Waals surface area contributed by atoms with E-state index in [-0.39, 0.29) is 5.82 Å². The highest BCUT2D eigenvalue weighted by atomic mass is 19.1. The Morgan fingerprint density at radius 3 is 2.94 bits per heavy atom. The number of rotatable bonds is 2. The van der Waals surface area contributed by atoms with Crippen LogP contribution in [0.3, 0.4) is 0 Å². The molecule has 0 radical (unpaired) electrons. The zero-order chi connectivity index (χ0) is 11.1. The van der Waals surface area contributed by atoms with Gasteiger partial charge < -0.3 is 5.32 Å². The molecule has 3 atom stereocenters. The van der Waals surface area contributed by atoms with E-state index in [1.807, 2.05) is 6.07 Å². The van der Waals surface area contributed by atoms with Crippen molar-refractivity contribution in [3.05, 3.63) is 35.1 Å². The van der Waals surface area contributed by atoms with Crippen molar-refractivity contribution in [1.29, 1.82) is 0 Å². The topological polar surface area (TPSA) is 12.0 Å². The Morgan fingerprint density at radius 2 is 2.19 bits per heavy atom. The van der Waals surface area contributed by atoms with Crippen LogP contribution in [0.2, 0.25) is 0 Å². The molecule has 3 unspecified atom stereocenters. The molecule has 1 fully saturated rings. The summed E-state index contributed by atoms with van der Waals surface area (Å²) in [5.41, 5.74) is 2.53. The van der Waals surface area contributed by atoms with Crippen LogP contribution in [0, 0.1) is 11.7 Å². The fraction of sp³-hybridized carbons (Fsp3) is 0.571. The number of fused-ring (bicyclic) bond motifs is 1. The van der Waals surface area contributed by atoms with E-state index >= 15 is 0 Å². The predicted molar refractivity (Wildman–Crippen MR) is 62.8 cm³/mol. The Morgan fingerprint density at radius 1 is 1.38 bits per heavy atom. The molecule has 1 aromatic rings. The summed E-state index contributed by atoms with van der Waals surface area (Å²) in [6.07, 6.45) is 4.76. The lowest BCUT2D eigenvalue weighted by molar-refractivity contribution is 0.446. The van der Waals surface area contributed by atoms with Gasteiger partial charge in [0.25, 0.3) is 0 Å². The van der Waals surface area contributed by atoms with E-state index in [2.05, 4.69) is 12.2 Å². The maximum absolute atomic E-state index is 13.3.